The van der Waals surface area contributed by atoms with Crippen molar-refractivity contribution >= 4 is 17.0 Å². The smallest absolute Gasteiger partial charge is 0.493 e. The highest BCUT2D eigenvalue weighted by atomic mass is 19.4. The van der Waals surface area contributed by atoms with Crippen molar-refractivity contribution in [2.75, 3.05) is 6.61 Å². The van der Waals surface area contributed by atoms with Crippen molar-refractivity contribution in [3.63, 3.8) is 0 Å². The summed E-state index contributed by atoms with van der Waals surface area (Å²) >= 11 is 0. The van der Waals surface area contributed by atoms with E-state index in [-0.39, 0.29) is 18.1 Å². The van der Waals surface area contributed by atoms with Gasteiger partial charge in [-0.15, -0.1) is 13.2 Å². The molecule has 0 aliphatic carbocycles. The highest BCUT2D eigenvalue weighted by Gasteiger charge is 2.31. The number of hydrogen-bond donors (Lipinski definition) is 1. The van der Waals surface area contributed by atoms with Crippen LogP contribution in [0.3, 0.4) is 0 Å². The zero-order valence-corrected chi connectivity index (χ0v) is 20.9. The number of ether oxygens (including phenoxy) is 2. The van der Waals surface area contributed by atoms with Gasteiger partial charge >= 0.3 is 12.3 Å². The number of aromatic nitrogens is 2. The molecule has 3 aromatic carbocycles. The number of carbonyl (C=O) groups is 1. The van der Waals surface area contributed by atoms with Crippen LogP contribution in [0.25, 0.3) is 22.4 Å². The summed E-state index contributed by atoms with van der Waals surface area (Å²) in [5, 5.41) is 8.97. The molecule has 1 heterocycles. The van der Waals surface area contributed by atoms with Crippen molar-refractivity contribution in [3.05, 3.63) is 78.4 Å². The van der Waals surface area contributed by atoms with E-state index in [1.807, 2.05) is 60.0 Å². The van der Waals surface area contributed by atoms with Crippen LogP contribution >= 0.6 is 0 Å². The van der Waals surface area contributed by atoms with Gasteiger partial charge < -0.3 is 19.1 Å². The molecule has 0 bridgehead atoms. The van der Waals surface area contributed by atoms with E-state index in [0.29, 0.717) is 31.0 Å². The second-order valence-electron chi connectivity index (χ2n) is 9.03. The maximum Gasteiger partial charge on any atom is 0.573 e. The molecule has 0 amide bonds. The monoisotopic (exact) mass is 526 g/mol. The summed E-state index contributed by atoms with van der Waals surface area (Å²) in [4.78, 5) is 15.7. The lowest BCUT2D eigenvalue weighted by molar-refractivity contribution is -0.274. The number of fused-ring (bicyclic) bond motifs is 1. The van der Waals surface area contributed by atoms with Crippen LogP contribution in [0, 0.1) is 5.92 Å². The van der Waals surface area contributed by atoms with E-state index in [1.165, 1.54) is 12.1 Å². The lowest BCUT2D eigenvalue weighted by Gasteiger charge is -2.17. The van der Waals surface area contributed by atoms with Crippen molar-refractivity contribution in [2.45, 2.75) is 45.5 Å². The Bertz CT molecular complexity index is 1370. The van der Waals surface area contributed by atoms with E-state index < -0.39 is 12.3 Å². The Labute approximate surface area is 218 Å². The van der Waals surface area contributed by atoms with Crippen molar-refractivity contribution < 1.29 is 32.5 Å². The first-order valence-electron chi connectivity index (χ1n) is 12.5. The van der Waals surface area contributed by atoms with E-state index in [1.54, 1.807) is 12.1 Å². The molecule has 0 spiro atoms. The molecule has 1 N–H and O–H groups in total. The van der Waals surface area contributed by atoms with Gasteiger partial charge in [-0.2, -0.15) is 0 Å². The second-order valence-corrected chi connectivity index (χ2v) is 9.03. The van der Waals surface area contributed by atoms with Gasteiger partial charge in [-0.3, -0.25) is 4.79 Å². The van der Waals surface area contributed by atoms with Gasteiger partial charge in [0.05, 0.1) is 24.2 Å². The Morgan fingerprint density at radius 2 is 1.71 bits per heavy atom. The highest BCUT2D eigenvalue weighted by Crippen LogP contribution is 2.31. The average molecular weight is 527 g/mol. The van der Waals surface area contributed by atoms with E-state index in [2.05, 4.69) is 4.74 Å². The van der Waals surface area contributed by atoms with Gasteiger partial charge in [0, 0.05) is 17.5 Å². The van der Waals surface area contributed by atoms with Gasteiger partial charge in [0.1, 0.15) is 17.3 Å². The van der Waals surface area contributed by atoms with E-state index in [4.69, 9.17) is 14.8 Å². The first kappa shape index (κ1) is 27.0. The molecule has 1 atom stereocenters. The van der Waals surface area contributed by atoms with Gasteiger partial charge in [-0.05, 0) is 61.2 Å². The van der Waals surface area contributed by atoms with Crippen LogP contribution in [0.1, 0.15) is 38.2 Å². The summed E-state index contributed by atoms with van der Waals surface area (Å²) in [6.45, 7) is 2.95. The minimum atomic E-state index is -4.76. The number of nitrogens with zero attached hydrogens (tertiary/aromatic N) is 2. The van der Waals surface area contributed by atoms with Crippen LogP contribution in [-0.4, -0.2) is 33.6 Å². The molecule has 1 aromatic heterocycles. The molecule has 0 saturated carbocycles. The standard InChI is InChI=1S/C29H29F3N2O4/c1-2-20(11-16-27(35)36)17-18-37-26-10-6-3-7-22(26)19-34-25-9-5-4-8-24(25)33-28(34)21-12-14-23(15-13-21)38-29(30,31)32/h3-10,12-15,20H,2,11,16-19H2,1H3,(H,35,36). The molecule has 200 valence electrons. The van der Waals surface area contributed by atoms with Crippen molar-refractivity contribution in [1.82, 2.24) is 9.55 Å². The third-order valence-electron chi connectivity index (χ3n) is 6.43. The van der Waals surface area contributed by atoms with Gasteiger partial charge in [0.2, 0.25) is 0 Å². The number of alkyl halides is 3. The zero-order chi connectivity index (χ0) is 27.1. The SMILES string of the molecule is CCC(CCOc1ccccc1Cn1c(-c2ccc(OC(F)(F)F)cc2)nc2ccccc21)CCC(=O)O. The fourth-order valence-electron chi connectivity index (χ4n) is 4.42. The van der Waals surface area contributed by atoms with Gasteiger partial charge in [0.15, 0.2) is 0 Å². The van der Waals surface area contributed by atoms with Gasteiger partial charge in [-0.1, -0.05) is 43.7 Å². The van der Waals surface area contributed by atoms with Crippen LogP contribution in [0.4, 0.5) is 13.2 Å². The molecular formula is C29H29F3N2O4. The first-order valence-corrected chi connectivity index (χ1v) is 12.5. The Hall–Kier alpha value is -4.01. The number of aliphatic carboxylic acids is 1. The summed E-state index contributed by atoms with van der Waals surface area (Å²) in [7, 11) is 0. The number of rotatable bonds is 12. The lowest BCUT2D eigenvalue weighted by Crippen LogP contribution is -2.17. The Morgan fingerprint density at radius 1 is 1.00 bits per heavy atom. The maximum absolute atomic E-state index is 12.6. The summed E-state index contributed by atoms with van der Waals surface area (Å²) in [6, 6.07) is 21.0. The molecule has 4 rings (SSSR count). The molecule has 9 heteroatoms. The predicted octanol–water partition coefficient (Wildman–Crippen LogP) is 7.31. The fourth-order valence-corrected chi connectivity index (χ4v) is 4.42. The Kier molecular flexibility index (Phi) is 8.55. The molecule has 4 aromatic rings. The van der Waals surface area contributed by atoms with Gasteiger partial charge in [0.25, 0.3) is 0 Å². The van der Waals surface area contributed by atoms with Crippen LogP contribution in [0.15, 0.2) is 72.8 Å². The maximum atomic E-state index is 12.6. The Morgan fingerprint density at radius 3 is 2.42 bits per heavy atom. The molecule has 1 unspecified atom stereocenters. The summed E-state index contributed by atoms with van der Waals surface area (Å²) in [5.41, 5.74) is 3.22. The second kappa shape index (κ2) is 12.0. The predicted molar refractivity (Wildman–Crippen MR) is 138 cm³/mol. The Balaban J connectivity index is 1.57. The van der Waals surface area contributed by atoms with E-state index in [0.717, 1.165) is 35.2 Å². The molecular weight excluding hydrogens is 497 g/mol. The van der Waals surface area contributed by atoms with Crippen molar-refractivity contribution in [1.29, 1.82) is 0 Å². The van der Waals surface area contributed by atoms with Gasteiger partial charge in [-0.25, -0.2) is 4.98 Å². The van der Waals surface area contributed by atoms with Crippen molar-refractivity contribution in [2.24, 2.45) is 5.92 Å². The fraction of sp³-hybridized carbons (Fsp3) is 0.310. The first-order chi connectivity index (χ1) is 18.2. The van der Waals surface area contributed by atoms with E-state index in [9.17, 15) is 18.0 Å². The summed E-state index contributed by atoms with van der Waals surface area (Å²) in [6.07, 6.45) is -2.35. The molecule has 0 radical (unpaired) electrons. The van der Waals surface area contributed by atoms with E-state index >= 15 is 0 Å². The molecule has 38 heavy (non-hydrogen) atoms. The summed E-state index contributed by atoms with van der Waals surface area (Å²) in [5.74, 6) is 0.515. The number of halogens is 3. The topological polar surface area (TPSA) is 73.6 Å². The average Bonchev–Trinajstić information content (AvgIpc) is 3.24. The van der Waals surface area contributed by atoms with Crippen LogP contribution in [-0.2, 0) is 11.3 Å². The van der Waals surface area contributed by atoms with Crippen LogP contribution in [0.2, 0.25) is 0 Å². The minimum Gasteiger partial charge on any atom is -0.493 e. The zero-order valence-electron chi connectivity index (χ0n) is 20.9. The molecule has 0 aliphatic rings. The van der Waals surface area contributed by atoms with Crippen LogP contribution < -0.4 is 9.47 Å². The largest absolute Gasteiger partial charge is 0.573 e. The third kappa shape index (κ3) is 7.06. The summed E-state index contributed by atoms with van der Waals surface area (Å²) < 4.78 is 50.0. The number of hydrogen-bond acceptors (Lipinski definition) is 4. The molecule has 6 nitrogen and oxygen atoms in total. The molecule has 0 saturated heterocycles. The lowest BCUT2D eigenvalue weighted by atomic mass is 9.97. The van der Waals surface area contributed by atoms with Crippen molar-refractivity contribution in [3.8, 4) is 22.9 Å². The third-order valence-corrected chi connectivity index (χ3v) is 6.43. The molecule has 0 aliphatic heterocycles. The normalized spacial score (nSPS) is 12.4. The number of benzene rings is 3. The number of carboxylic acids is 1. The quantitative estimate of drug-likeness (QED) is 0.210. The molecule has 0 fully saturated rings. The minimum absolute atomic E-state index is 0.148. The van der Waals surface area contributed by atoms with Crippen LogP contribution in [0.5, 0.6) is 11.5 Å². The number of para-hydroxylation sites is 3. The number of carboxylic acid groups (broad SMARTS) is 1. The number of imidazole rings is 1. The highest BCUT2D eigenvalue weighted by molar-refractivity contribution is 5.81.